The van der Waals surface area contributed by atoms with Crippen molar-refractivity contribution in [2.45, 2.75) is 51.6 Å². The van der Waals surface area contributed by atoms with Gasteiger partial charge in [-0.1, -0.05) is 62.2 Å². The number of aryl methyl sites for hydroxylation is 1. The molecule has 3 rings (SSSR count). The molecule has 10 heteroatoms. The molecule has 0 heterocycles. The van der Waals surface area contributed by atoms with Gasteiger partial charge in [-0.2, -0.15) is 0 Å². The fourth-order valence-electron chi connectivity index (χ4n) is 4.24. The number of nitrogens with zero attached hydrogens (tertiary/aromatic N) is 2. The van der Waals surface area contributed by atoms with E-state index >= 15 is 0 Å². The highest BCUT2D eigenvalue weighted by atomic mass is 35.5. The molecular weight excluding hydrogens is 562 g/mol. The van der Waals surface area contributed by atoms with Crippen LogP contribution in [0.1, 0.15) is 38.3 Å². The molecule has 0 fully saturated rings. The van der Waals surface area contributed by atoms with Crippen LogP contribution < -0.4 is 14.4 Å². The predicted octanol–water partition coefficient (Wildman–Crippen LogP) is 5.43. The molecule has 0 saturated carbocycles. The number of ether oxygens (including phenoxy) is 1. The van der Waals surface area contributed by atoms with Crippen molar-refractivity contribution in [3.8, 4) is 5.75 Å². The van der Waals surface area contributed by atoms with E-state index in [1.54, 1.807) is 60.7 Å². The molecule has 2 amide bonds. The topological polar surface area (TPSA) is 96.0 Å². The number of carbonyl (C=O) groups excluding carboxylic acids is 2. The maximum absolute atomic E-state index is 14.1. The maximum Gasteiger partial charge on any atom is 0.264 e. The Morgan fingerprint density at radius 1 is 0.951 bits per heavy atom. The second-order valence-electron chi connectivity index (χ2n) is 10.2. The molecule has 0 unspecified atom stereocenters. The van der Waals surface area contributed by atoms with Gasteiger partial charge in [-0.25, -0.2) is 8.42 Å². The van der Waals surface area contributed by atoms with E-state index in [0.717, 1.165) is 15.4 Å². The Morgan fingerprint density at radius 3 is 2.10 bits per heavy atom. The van der Waals surface area contributed by atoms with Crippen molar-refractivity contribution in [2.75, 3.05) is 24.5 Å². The molecule has 0 radical (unpaired) electrons. The first-order valence-electron chi connectivity index (χ1n) is 13.5. The summed E-state index contributed by atoms with van der Waals surface area (Å²) in [5.41, 5.74) is 1.96. The third-order valence-electron chi connectivity index (χ3n) is 6.58. The monoisotopic (exact) mass is 599 g/mol. The molecule has 0 aliphatic rings. The van der Waals surface area contributed by atoms with E-state index in [9.17, 15) is 18.0 Å². The van der Waals surface area contributed by atoms with Gasteiger partial charge in [0.25, 0.3) is 10.0 Å². The lowest BCUT2D eigenvalue weighted by Gasteiger charge is -2.33. The normalized spacial score (nSPS) is 12.1. The highest BCUT2D eigenvalue weighted by Crippen LogP contribution is 2.27. The number of anilines is 1. The third-order valence-corrected chi connectivity index (χ3v) is 8.62. The van der Waals surface area contributed by atoms with Crippen LogP contribution in [0.5, 0.6) is 5.75 Å². The Morgan fingerprint density at radius 2 is 1.56 bits per heavy atom. The molecule has 0 aliphatic heterocycles. The number of methoxy groups -OCH3 is 1. The van der Waals surface area contributed by atoms with E-state index in [2.05, 4.69) is 5.32 Å². The lowest BCUT2D eigenvalue weighted by Crippen LogP contribution is -2.52. The highest BCUT2D eigenvalue weighted by Gasteiger charge is 2.33. The summed E-state index contributed by atoms with van der Waals surface area (Å²) in [4.78, 5) is 28.9. The quantitative estimate of drug-likeness (QED) is 0.283. The van der Waals surface area contributed by atoms with Gasteiger partial charge in [0.05, 0.1) is 17.7 Å². The average Bonchev–Trinajstić information content (AvgIpc) is 2.95. The van der Waals surface area contributed by atoms with E-state index < -0.39 is 28.5 Å². The summed E-state index contributed by atoms with van der Waals surface area (Å²) in [6.45, 7) is 7.71. The van der Waals surface area contributed by atoms with Crippen LogP contribution in [0.3, 0.4) is 0 Å². The number of amides is 2. The number of hydrogen-bond acceptors (Lipinski definition) is 5. The van der Waals surface area contributed by atoms with Gasteiger partial charge in [0.1, 0.15) is 18.3 Å². The van der Waals surface area contributed by atoms with Crippen LogP contribution in [0.25, 0.3) is 0 Å². The molecule has 1 N–H and O–H groups in total. The number of carbonyl (C=O) groups is 2. The largest absolute Gasteiger partial charge is 0.497 e. The summed E-state index contributed by atoms with van der Waals surface area (Å²) in [5, 5.41) is 3.47. The Bertz CT molecular complexity index is 1410. The van der Waals surface area contributed by atoms with Crippen molar-refractivity contribution in [1.82, 2.24) is 10.2 Å². The first-order valence-corrected chi connectivity index (χ1v) is 15.3. The molecule has 220 valence electrons. The van der Waals surface area contributed by atoms with Crippen molar-refractivity contribution in [1.29, 1.82) is 0 Å². The molecule has 0 bridgehead atoms. The second kappa shape index (κ2) is 14.4. The summed E-state index contributed by atoms with van der Waals surface area (Å²) in [5.74, 6) is -0.0361. The van der Waals surface area contributed by atoms with Crippen LogP contribution in [-0.4, -0.2) is 51.4 Å². The van der Waals surface area contributed by atoms with Crippen LogP contribution in [0.2, 0.25) is 5.02 Å². The van der Waals surface area contributed by atoms with Gasteiger partial charge in [0, 0.05) is 18.1 Å². The van der Waals surface area contributed by atoms with Crippen LogP contribution >= 0.6 is 11.6 Å². The van der Waals surface area contributed by atoms with E-state index in [-0.39, 0.29) is 23.3 Å². The van der Waals surface area contributed by atoms with Crippen LogP contribution in [-0.2, 0) is 26.2 Å². The molecule has 3 aromatic carbocycles. The summed E-state index contributed by atoms with van der Waals surface area (Å²) in [7, 11) is -2.63. The number of halogens is 1. The van der Waals surface area contributed by atoms with Crippen LogP contribution in [0.4, 0.5) is 5.69 Å². The molecule has 41 heavy (non-hydrogen) atoms. The first-order chi connectivity index (χ1) is 19.5. The second-order valence-corrected chi connectivity index (χ2v) is 12.5. The molecule has 1 atom stereocenters. The lowest BCUT2D eigenvalue weighted by atomic mass is 10.1. The number of rotatable bonds is 13. The summed E-state index contributed by atoms with van der Waals surface area (Å²) in [6.07, 6.45) is 0.344. The Labute approximate surface area is 248 Å². The predicted molar refractivity (Wildman–Crippen MR) is 163 cm³/mol. The molecule has 0 aliphatic carbocycles. The van der Waals surface area contributed by atoms with Crippen LogP contribution in [0, 0.1) is 12.8 Å². The smallest absolute Gasteiger partial charge is 0.264 e. The number of sulfonamides is 1. The zero-order chi connectivity index (χ0) is 30.2. The van der Waals surface area contributed by atoms with E-state index in [4.69, 9.17) is 16.3 Å². The summed E-state index contributed by atoms with van der Waals surface area (Å²) in [6, 6.07) is 19.1. The average molecular weight is 600 g/mol. The van der Waals surface area contributed by atoms with Crippen molar-refractivity contribution < 1.29 is 22.7 Å². The summed E-state index contributed by atoms with van der Waals surface area (Å²) < 4.78 is 34.2. The van der Waals surface area contributed by atoms with E-state index in [0.29, 0.717) is 29.4 Å². The van der Waals surface area contributed by atoms with Gasteiger partial charge < -0.3 is 15.0 Å². The molecule has 3 aromatic rings. The Kier molecular flexibility index (Phi) is 11.2. The van der Waals surface area contributed by atoms with Crippen molar-refractivity contribution in [3.05, 3.63) is 88.9 Å². The lowest BCUT2D eigenvalue weighted by molar-refractivity contribution is -0.140. The Hall–Kier alpha value is -3.56. The van der Waals surface area contributed by atoms with Crippen LogP contribution in [0.15, 0.2) is 77.7 Å². The van der Waals surface area contributed by atoms with E-state index in [1.807, 2.05) is 27.7 Å². The van der Waals surface area contributed by atoms with Gasteiger partial charge in [-0.15, -0.1) is 0 Å². The third kappa shape index (κ3) is 8.47. The van der Waals surface area contributed by atoms with Crippen molar-refractivity contribution in [3.63, 3.8) is 0 Å². The fourth-order valence-corrected chi connectivity index (χ4v) is 5.78. The number of nitrogens with one attached hydrogen (secondary N) is 1. The van der Waals surface area contributed by atoms with Crippen molar-refractivity contribution >= 4 is 39.1 Å². The van der Waals surface area contributed by atoms with Gasteiger partial charge in [0.15, 0.2) is 0 Å². The number of hydrogen-bond donors (Lipinski definition) is 1. The van der Waals surface area contributed by atoms with Gasteiger partial charge in [0.2, 0.25) is 11.8 Å². The van der Waals surface area contributed by atoms with Gasteiger partial charge in [-0.05, 0) is 73.4 Å². The highest BCUT2D eigenvalue weighted by molar-refractivity contribution is 7.92. The molecule has 0 saturated heterocycles. The maximum atomic E-state index is 14.1. The zero-order valence-electron chi connectivity index (χ0n) is 24.1. The number of benzene rings is 3. The molecule has 8 nitrogen and oxygen atoms in total. The molecular formula is C31H38ClN3O5S. The van der Waals surface area contributed by atoms with Crippen molar-refractivity contribution in [2.24, 2.45) is 5.92 Å². The minimum absolute atomic E-state index is 0.0534. The SMILES string of the molecule is CC[C@H](C(=O)NCC(C)C)N(Cc1ccc(Cl)cc1)C(=O)CN(c1ccc(OC)cc1)S(=O)(=O)c1ccc(C)cc1. The standard InChI is InChI=1S/C31H38ClN3O5S/c1-6-29(31(37)33-19-22(2)3)34(20-24-9-11-25(32)12-10-24)30(36)21-35(26-13-15-27(40-5)16-14-26)41(38,39)28-17-7-23(4)8-18-28/h7-18,22,29H,6,19-21H2,1-5H3,(H,33,37)/t29-/m1/s1. The molecule has 0 spiro atoms. The Balaban J connectivity index is 2.04. The van der Waals surface area contributed by atoms with E-state index in [1.165, 1.54) is 24.1 Å². The van der Waals surface area contributed by atoms with Gasteiger partial charge in [-0.3, -0.25) is 13.9 Å². The summed E-state index contributed by atoms with van der Waals surface area (Å²) >= 11 is 6.07. The fraction of sp³-hybridized carbons (Fsp3) is 0.355. The molecule has 0 aromatic heterocycles. The van der Waals surface area contributed by atoms with Gasteiger partial charge >= 0.3 is 0 Å². The first kappa shape index (κ1) is 32.0. The minimum atomic E-state index is -4.14. The zero-order valence-corrected chi connectivity index (χ0v) is 25.7. The minimum Gasteiger partial charge on any atom is -0.497 e.